The third-order valence-electron chi connectivity index (χ3n) is 3.90. The molecule has 0 fully saturated rings. The van der Waals surface area contributed by atoms with Gasteiger partial charge in [-0.1, -0.05) is 19.1 Å². The summed E-state index contributed by atoms with van der Waals surface area (Å²) in [6.07, 6.45) is 3.98. The average Bonchev–Trinajstić information content (AvgIpc) is 2.67. The number of aromatic nitrogens is 3. The number of pyridine rings is 1. The van der Waals surface area contributed by atoms with Crippen LogP contribution in [0.4, 0.5) is 5.82 Å². The first-order valence-corrected chi connectivity index (χ1v) is 7.89. The maximum Gasteiger partial charge on any atom is 0.335 e. The highest BCUT2D eigenvalue weighted by molar-refractivity contribution is 5.89. The van der Waals surface area contributed by atoms with Crippen LogP contribution in [0.3, 0.4) is 0 Å². The topological polar surface area (TPSA) is 126 Å². The van der Waals surface area contributed by atoms with Crippen LogP contribution in [0.15, 0.2) is 42.7 Å². The molecule has 7 heteroatoms. The molecule has 0 aliphatic rings. The number of carboxylic acids is 1. The standard InChI is InChI=1S/C19H15N5O2/c1-2-17-22-9-13(10-23-17)14-7-16(24-18(21)15(14)8-20)11-4-3-5-12(6-11)19(25)26/h3-7,9-10H,2H2,1H3,(H2,21,24)(H,25,26). The van der Waals surface area contributed by atoms with Crippen LogP contribution < -0.4 is 5.73 Å². The highest BCUT2D eigenvalue weighted by atomic mass is 16.4. The van der Waals surface area contributed by atoms with Crippen LogP contribution in [0.1, 0.15) is 28.7 Å². The van der Waals surface area contributed by atoms with Gasteiger partial charge in [-0.25, -0.2) is 19.7 Å². The van der Waals surface area contributed by atoms with Gasteiger partial charge < -0.3 is 10.8 Å². The van der Waals surface area contributed by atoms with Crippen LogP contribution in [0.5, 0.6) is 0 Å². The van der Waals surface area contributed by atoms with Gasteiger partial charge in [0.1, 0.15) is 23.3 Å². The number of nitrogens with zero attached hydrogens (tertiary/aromatic N) is 4. The molecule has 26 heavy (non-hydrogen) atoms. The van der Waals surface area contributed by atoms with Crippen LogP contribution in [-0.4, -0.2) is 26.0 Å². The molecule has 3 aromatic rings. The lowest BCUT2D eigenvalue weighted by Gasteiger charge is -2.10. The van der Waals surface area contributed by atoms with Crippen LogP contribution in [0.2, 0.25) is 0 Å². The van der Waals surface area contributed by atoms with Crippen LogP contribution in [0.25, 0.3) is 22.4 Å². The number of carbonyl (C=O) groups is 1. The summed E-state index contributed by atoms with van der Waals surface area (Å²) in [6.45, 7) is 1.95. The Morgan fingerprint density at radius 2 is 1.96 bits per heavy atom. The Balaban J connectivity index is 2.17. The first-order chi connectivity index (χ1) is 12.5. The van der Waals surface area contributed by atoms with E-state index in [1.54, 1.807) is 30.6 Å². The Labute approximate surface area is 149 Å². The molecule has 0 saturated carbocycles. The molecule has 0 unspecified atom stereocenters. The summed E-state index contributed by atoms with van der Waals surface area (Å²) in [5.41, 5.74) is 8.60. The van der Waals surface area contributed by atoms with Gasteiger partial charge in [-0.3, -0.25) is 0 Å². The minimum atomic E-state index is -1.03. The largest absolute Gasteiger partial charge is 0.478 e. The summed E-state index contributed by atoms with van der Waals surface area (Å²) in [6, 6.07) is 10.1. The minimum Gasteiger partial charge on any atom is -0.478 e. The number of carboxylic acid groups (broad SMARTS) is 1. The molecule has 0 spiro atoms. The smallest absolute Gasteiger partial charge is 0.335 e. The molecule has 2 aromatic heterocycles. The van der Waals surface area contributed by atoms with Gasteiger partial charge in [0, 0.05) is 35.5 Å². The fourth-order valence-corrected chi connectivity index (χ4v) is 2.55. The number of nitrogens with two attached hydrogens (primary N) is 1. The second-order valence-corrected chi connectivity index (χ2v) is 5.55. The van der Waals surface area contributed by atoms with E-state index < -0.39 is 5.97 Å². The van der Waals surface area contributed by atoms with Crippen molar-refractivity contribution in [1.82, 2.24) is 15.0 Å². The zero-order valence-corrected chi connectivity index (χ0v) is 14.0. The molecule has 128 valence electrons. The number of hydrogen-bond donors (Lipinski definition) is 2. The number of benzene rings is 1. The second-order valence-electron chi connectivity index (χ2n) is 5.55. The number of nitrogen functional groups attached to an aromatic ring is 1. The molecule has 7 nitrogen and oxygen atoms in total. The number of nitriles is 1. The van der Waals surface area contributed by atoms with E-state index in [2.05, 4.69) is 21.0 Å². The van der Waals surface area contributed by atoms with Crippen LogP contribution >= 0.6 is 0 Å². The van der Waals surface area contributed by atoms with Crippen molar-refractivity contribution >= 4 is 11.8 Å². The Morgan fingerprint density at radius 3 is 2.58 bits per heavy atom. The van der Waals surface area contributed by atoms with Gasteiger partial charge >= 0.3 is 5.97 Å². The van der Waals surface area contributed by atoms with Gasteiger partial charge in [0.15, 0.2) is 0 Å². The highest BCUT2D eigenvalue weighted by Crippen LogP contribution is 2.30. The SMILES string of the molecule is CCc1ncc(-c2cc(-c3cccc(C(=O)O)c3)nc(N)c2C#N)cn1. The Morgan fingerprint density at radius 1 is 1.23 bits per heavy atom. The molecular weight excluding hydrogens is 330 g/mol. The fourth-order valence-electron chi connectivity index (χ4n) is 2.55. The summed E-state index contributed by atoms with van der Waals surface area (Å²) in [7, 11) is 0. The Kier molecular flexibility index (Phi) is 4.58. The van der Waals surface area contributed by atoms with E-state index in [4.69, 9.17) is 5.73 Å². The number of rotatable bonds is 4. The van der Waals surface area contributed by atoms with Gasteiger partial charge in [0.05, 0.1) is 11.3 Å². The van der Waals surface area contributed by atoms with Crippen LogP contribution in [-0.2, 0) is 6.42 Å². The van der Waals surface area contributed by atoms with E-state index in [0.29, 0.717) is 34.6 Å². The summed E-state index contributed by atoms with van der Waals surface area (Å²) in [5.74, 6) is -0.263. The van der Waals surface area contributed by atoms with Crippen LogP contribution in [0, 0.1) is 11.3 Å². The molecule has 0 saturated heterocycles. The quantitative estimate of drug-likeness (QED) is 0.744. The molecule has 3 N–H and O–H groups in total. The lowest BCUT2D eigenvalue weighted by molar-refractivity contribution is 0.0697. The maximum absolute atomic E-state index is 11.2. The molecule has 1 aromatic carbocycles. The van der Waals surface area contributed by atoms with Gasteiger partial charge in [0.2, 0.25) is 0 Å². The van der Waals surface area contributed by atoms with Crippen molar-refractivity contribution in [3.05, 3.63) is 59.7 Å². The molecule has 0 aliphatic carbocycles. The molecule has 0 bridgehead atoms. The summed E-state index contributed by atoms with van der Waals surface area (Å²) < 4.78 is 0. The third kappa shape index (κ3) is 3.21. The average molecular weight is 345 g/mol. The predicted molar refractivity (Wildman–Crippen MR) is 96.2 cm³/mol. The van der Waals surface area contributed by atoms with Crippen molar-refractivity contribution < 1.29 is 9.90 Å². The molecule has 0 atom stereocenters. The molecule has 0 aliphatic heterocycles. The van der Waals surface area contributed by atoms with Gasteiger partial charge in [-0.15, -0.1) is 0 Å². The van der Waals surface area contributed by atoms with E-state index in [-0.39, 0.29) is 16.9 Å². The van der Waals surface area contributed by atoms with E-state index in [1.165, 1.54) is 12.1 Å². The van der Waals surface area contributed by atoms with Crippen molar-refractivity contribution in [3.8, 4) is 28.5 Å². The summed E-state index contributed by atoms with van der Waals surface area (Å²) in [5, 5.41) is 18.6. The molecule has 0 radical (unpaired) electrons. The monoisotopic (exact) mass is 345 g/mol. The lowest BCUT2D eigenvalue weighted by atomic mass is 9.99. The van der Waals surface area contributed by atoms with Crippen molar-refractivity contribution in [1.29, 1.82) is 5.26 Å². The van der Waals surface area contributed by atoms with Gasteiger partial charge in [0.25, 0.3) is 0 Å². The van der Waals surface area contributed by atoms with E-state index in [1.807, 2.05) is 6.92 Å². The van der Waals surface area contributed by atoms with Crippen molar-refractivity contribution in [2.45, 2.75) is 13.3 Å². The van der Waals surface area contributed by atoms with Crippen molar-refractivity contribution in [3.63, 3.8) is 0 Å². The zero-order valence-electron chi connectivity index (χ0n) is 14.0. The maximum atomic E-state index is 11.2. The Hall–Kier alpha value is -3.79. The molecule has 2 heterocycles. The van der Waals surface area contributed by atoms with Gasteiger partial charge in [-0.2, -0.15) is 5.26 Å². The minimum absolute atomic E-state index is 0.0697. The number of anilines is 1. The second kappa shape index (κ2) is 6.99. The molecular formula is C19H15N5O2. The normalized spacial score (nSPS) is 10.3. The third-order valence-corrected chi connectivity index (χ3v) is 3.90. The van der Waals surface area contributed by atoms with E-state index in [0.717, 1.165) is 0 Å². The van der Waals surface area contributed by atoms with Crippen molar-refractivity contribution in [2.24, 2.45) is 0 Å². The van der Waals surface area contributed by atoms with Gasteiger partial charge in [-0.05, 0) is 18.2 Å². The first kappa shape index (κ1) is 17.0. The summed E-state index contributed by atoms with van der Waals surface area (Å²) in [4.78, 5) is 24.0. The Bertz CT molecular complexity index is 1020. The van der Waals surface area contributed by atoms with E-state index in [9.17, 15) is 15.2 Å². The lowest BCUT2D eigenvalue weighted by Crippen LogP contribution is -2.02. The number of hydrogen-bond acceptors (Lipinski definition) is 6. The molecule has 0 amide bonds. The number of aryl methyl sites for hydroxylation is 1. The summed E-state index contributed by atoms with van der Waals surface area (Å²) >= 11 is 0. The van der Waals surface area contributed by atoms with E-state index >= 15 is 0 Å². The number of aromatic carboxylic acids is 1. The fraction of sp³-hybridized carbons (Fsp3) is 0.105. The highest BCUT2D eigenvalue weighted by Gasteiger charge is 2.15. The first-order valence-electron chi connectivity index (χ1n) is 7.89. The molecule has 3 rings (SSSR count). The van der Waals surface area contributed by atoms with Crippen molar-refractivity contribution in [2.75, 3.05) is 5.73 Å². The predicted octanol–water partition coefficient (Wildman–Crippen LogP) is 2.92. The zero-order chi connectivity index (χ0) is 18.7.